The van der Waals surface area contributed by atoms with Gasteiger partial charge in [0.2, 0.25) is 5.60 Å². The highest BCUT2D eigenvalue weighted by Crippen LogP contribution is 2.40. The van der Waals surface area contributed by atoms with E-state index in [1.54, 1.807) is 7.05 Å². The molecule has 10 heteroatoms. The number of nitrogens with one attached hydrogen (secondary N) is 1. The largest absolute Gasteiger partial charge is 0.494 e. The Morgan fingerprint density at radius 2 is 1.94 bits per heavy atom. The van der Waals surface area contributed by atoms with Crippen LogP contribution < -0.4 is 10.1 Å². The molecule has 0 aliphatic rings. The van der Waals surface area contributed by atoms with Gasteiger partial charge in [-0.05, 0) is 31.5 Å². The summed E-state index contributed by atoms with van der Waals surface area (Å²) in [5, 5.41) is 13.5. The number of rotatable bonds is 9. The van der Waals surface area contributed by atoms with Crippen LogP contribution in [0.15, 0.2) is 41.7 Å². The highest BCUT2D eigenvalue weighted by atomic mass is 19.4. The molecule has 7 nitrogen and oxygen atoms in total. The van der Waals surface area contributed by atoms with Crippen LogP contribution in [0.2, 0.25) is 0 Å². The number of hydrogen-bond acceptors (Lipinski definition) is 4. The van der Waals surface area contributed by atoms with Gasteiger partial charge in [-0.15, -0.1) is 0 Å². The summed E-state index contributed by atoms with van der Waals surface area (Å²) in [7, 11) is 3.21. The molecule has 1 unspecified atom stereocenters. The molecule has 1 atom stereocenters. The van der Waals surface area contributed by atoms with Gasteiger partial charge < -0.3 is 24.6 Å². The molecule has 172 valence electrons. The van der Waals surface area contributed by atoms with Crippen LogP contribution in [-0.4, -0.2) is 58.4 Å². The van der Waals surface area contributed by atoms with Gasteiger partial charge in [0, 0.05) is 52.5 Å². The van der Waals surface area contributed by atoms with Gasteiger partial charge in [0.05, 0.1) is 6.61 Å². The molecule has 0 fully saturated rings. The molecule has 0 amide bonds. The predicted octanol–water partition coefficient (Wildman–Crippen LogP) is 3.06. The first kappa shape index (κ1) is 24.5. The Morgan fingerprint density at radius 1 is 1.26 bits per heavy atom. The number of ether oxygens (including phenoxy) is 1. The molecule has 1 heterocycles. The molecule has 0 saturated carbocycles. The number of benzene rings is 1. The second-order valence-corrected chi connectivity index (χ2v) is 7.14. The average molecular weight is 441 g/mol. The summed E-state index contributed by atoms with van der Waals surface area (Å²) in [4.78, 5) is 9.82. The number of aromatic nitrogens is 2. The molecule has 2 rings (SSSR count). The Morgan fingerprint density at radius 3 is 2.45 bits per heavy atom. The summed E-state index contributed by atoms with van der Waals surface area (Å²) >= 11 is 0. The monoisotopic (exact) mass is 441 g/mol. The van der Waals surface area contributed by atoms with Crippen LogP contribution in [0.25, 0.3) is 0 Å². The SMILES string of the molecule is CCNC(=NCCC(O)(c1nccn1C)C(F)(F)F)N(C)Cc1ccc(OCC)cc1. The third-order valence-corrected chi connectivity index (χ3v) is 4.75. The Bertz CT molecular complexity index is 851. The summed E-state index contributed by atoms with van der Waals surface area (Å²) in [6, 6.07) is 7.59. The van der Waals surface area contributed by atoms with Crippen LogP contribution in [0.4, 0.5) is 13.2 Å². The highest BCUT2D eigenvalue weighted by molar-refractivity contribution is 5.79. The smallest absolute Gasteiger partial charge is 0.424 e. The normalized spacial score (nSPS) is 14.3. The Hall–Kier alpha value is -2.75. The maximum atomic E-state index is 13.7. The lowest BCUT2D eigenvalue weighted by Gasteiger charge is -2.29. The molecule has 2 N–H and O–H groups in total. The molecule has 31 heavy (non-hydrogen) atoms. The molecule has 0 aliphatic carbocycles. The van der Waals surface area contributed by atoms with Crippen molar-refractivity contribution in [1.82, 2.24) is 19.8 Å². The van der Waals surface area contributed by atoms with Gasteiger partial charge >= 0.3 is 6.18 Å². The minimum atomic E-state index is -4.88. The van der Waals surface area contributed by atoms with E-state index in [2.05, 4.69) is 15.3 Å². The van der Waals surface area contributed by atoms with E-state index in [4.69, 9.17) is 4.74 Å². The van der Waals surface area contributed by atoms with E-state index in [1.165, 1.54) is 24.0 Å². The zero-order valence-corrected chi connectivity index (χ0v) is 18.3. The van der Waals surface area contributed by atoms with Crippen LogP contribution in [-0.2, 0) is 19.2 Å². The van der Waals surface area contributed by atoms with E-state index in [9.17, 15) is 18.3 Å². The fraction of sp³-hybridized carbons (Fsp3) is 0.524. The van der Waals surface area contributed by atoms with Crippen LogP contribution in [0.1, 0.15) is 31.7 Å². The lowest BCUT2D eigenvalue weighted by Crippen LogP contribution is -2.45. The summed E-state index contributed by atoms with van der Waals surface area (Å²) in [5.41, 5.74) is -2.09. The zero-order valence-electron chi connectivity index (χ0n) is 18.3. The molecule has 0 radical (unpaired) electrons. The Kier molecular flexibility index (Phi) is 8.32. The van der Waals surface area contributed by atoms with E-state index in [1.807, 2.05) is 43.0 Å². The Labute approximate surface area is 180 Å². The maximum Gasteiger partial charge on any atom is 0.424 e. The molecule has 0 saturated heterocycles. The number of aliphatic imine (C=N–C) groups is 1. The fourth-order valence-corrected chi connectivity index (χ4v) is 3.14. The van der Waals surface area contributed by atoms with Gasteiger partial charge in [-0.2, -0.15) is 13.2 Å². The fourth-order valence-electron chi connectivity index (χ4n) is 3.14. The summed E-state index contributed by atoms with van der Waals surface area (Å²) in [5.74, 6) is 0.763. The average Bonchev–Trinajstić information content (AvgIpc) is 3.14. The first-order valence-corrected chi connectivity index (χ1v) is 10.1. The van der Waals surface area contributed by atoms with Gasteiger partial charge in [0.25, 0.3) is 0 Å². The van der Waals surface area contributed by atoms with Crippen molar-refractivity contribution in [3.8, 4) is 5.75 Å². The number of alkyl halides is 3. The summed E-state index contributed by atoms with van der Waals surface area (Å²) in [6.45, 7) is 5.18. The molecule has 1 aromatic carbocycles. The van der Waals surface area contributed by atoms with E-state index in [0.717, 1.165) is 11.3 Å². The first-order valence-electron chi connectivity index (χ1n) is 10.1. The summed E-state index contributed by atoms with van der Waals surface area (Å²) in [6.07, 6.45) is -2.94. The topological polar surface area (TPSA) is 74.9 Å². The van der Waals surface area contributed by atoms with E-state index >= 15 is 0 Å². The van der Waals surface area contributed by atoms with Crippen molar-refractivity contribution < 1.29 is 23.0 Å². The number of aliphatic hydroxyl groups is 1. The molecule has 1 aromatic heterocycles. The van der Waals surface area contributed by atoms with Crippen molar-refractivity contribution in [2.45, 2.75) is 38.6 Å². The third-order valence-electron chi connectivity index (χ3n) is 4.75. The van der Waals surface area contributed by atoms with Crippen molar-refractivity contribution >= 4 is 5.96 Å². The Balaban J connectivity index is 2.12. The minimum absolute atomic E-state index is 0.237. The van der Waals surface area contributed by atoms with Crippen LogP contribution in [0.3, 0.4) is 0 Å². The van der Waals surface area contributed by atoms with Crippen molar-refractivity contribution in [1.29, 1.82) is 0 Å². The van der Waals surface area contributed by atoms with Gasteiger partial charge in [-0.1, -0.05) is 12.1 Å². The van der Waals surface area contributed by atoms with E-state index < -0.39 is 24.0 Å². The van der Waals surface area contributed by atoms with Crippen molar-refractivity contribution in [2.24, 2.45) is 12.0 Å². The number of nitrogens with zero attached hydrogens (tertiary/aromatic N) is 4. The maximum absolute atomic E-state index is 13.7. The standard InChI is InChI=1S/C21H30F3N5O2/c1-5-25-19(29(4)15-16-7-9-17(10-8-16)31-6-2)27-12-11-20(30,21(22,23)24)18-26-13-14-28(18)3/h7-10,13-14,30H,5-6,11-12,15H2,1-4H3,(H,25,27). The van der Waals surface area contributed by atoms with Crippen molar-refractivity contribution in [2.75, 3.05) is 26.7 Å². The van der Waals surface area contributed by atoms with Gasteiger partial charge in [-0.3, -0.25) is 4.99 Å². The first-order chi connectivity index (χ1) is 14.6. The second-order valence-electron chi connectivity index (χ2n) is 7.14. The molecular formula is C21H30F3N5O2. The van der Waals surface area contributed by atoms with Crippen LogP contribution in [0.5, 0.6) is 5.75 Å². The zero-order chi connectivity index (χ0) is 23.1. The van der Waals surface area contributed by atoms with Gasteiger partial charge in [0.15, 0.2) is 5.96 Å². The molecule has 2 aromatic rings. The predicted molar refractivity (Wildman–Crippen MR) is 113 cm³/mol. The second kappa shape index (κ2) is 10.5. The quantitative estimate of drug-likeness (QED) is 0.462. The number of guanidine groups is 1. The van der Waals surface area contributed by atoms with E-state index in [-0.39, 0.29) is 6.54 Å². The summed E-state index contributed by atoms with van der Waals surface area (Å²) < 4.78 is 47.6. The minimum Gasteiger partial charge on any atom is -0.494 e. The number of aryl methyl sites for hydroxylation is 1. The van der Waals surface area contributed by atoms with Gasteiger partial charge in [-0.25, -0.2) is 4.98 Å². The number of hydrogen-bond donors (Lipinski definition) is 2. The highest BCUT2D eigenvalue weighted by Gasteiger charge is 2.57. The van der Waals surface area contributed by atoms with Crippen molar-refractivity contribution in [3.05, 3.63) is 48.0 Å². The third kappa shape index (κ3) is 6.13. The lowest BCUT2D eigenvalue weighted by molar-refractivity contribution is -0.272. The molecule has 0 bridgehead atoms. The van der Waals surface area contributed by atoms with Crippen LogP contribution in [0, 0.1) is 0 Å². The van der Waals surface area contributed by atoms with Gasteiger partial charge in [0.1, 0.15) is 11.6 Å². The molecular weight excluding hydrogens is 411 g/mol. The lowest BCUT2D eigenvalue weighted by atomic mass is 9.98. The van der Waals surface area contributed by atoms with Crippen LogP contribution >= 0.6 is 0 Å². The molecule has 0 aliphatic heterocycles. The number of halogens is 3. The van der Waals surface area contributed by atoms with Crippen molar-refractivity contribution in [3.63, 3.8) is 0 Å². The number of imidazole rings is 1. The van der Waals surface area contributed by atoms with E-state index in [0.29, 0.717) is 25.7 Å². The molecule has 0 spiro atoms.